The predicted octanol–water partition coefficient (Wildman–Crippen LogP) is 2.76. The number of carbonyl (C=O) groups excluding carboxylic acids is 1. The lowest BCUT2D eigenvalue weighted by Gasteiger charge is -2.25. The zero-order valence-corrected chi connectivity index (χ0v) is 11.3. The summed E-state index contributed by atoms with van der Waals surface area (Å²) < 4.78 is 0. The number of likely N-dealkylation sites (tertiary alicyclic amines) is 1. The number of hydrogen-bond donors (Lipinski definition) is 0. The van der Waals surface area contributed by atoms with E-state index < -0.39 is 0 Å². The molecule has 1 fully saturated rings. The summed E-state index contributed by atoms with van der Waals surface area (Å²) in [5, 5.41) is 8.95. The van der Waals surface area contributed by atoms with Gasteiger partial charge in [0, 0.05) is 12.5 Å². The highest BCUT2D eigenvalue weighted by molar-refractivity contribution is 5.76. The van der Waals surface area contributed by atoms with Crippen LogP contribution >= 0.6 is 0 Å². The van der Waals surface area contributed by atoms with E-state index in [1.807, 2.05) is 13.8 Å². The minimum atomic E-state index is -0.213. The van der Waals surface area contributed by atoms with Crippen LogP contribution in [-0.4, -0.2) is 29.8 Å². The van der Waals surface area contributed by atoms with Crippen LogP contribution in [0.4, 0.5) is 0 Å². The molecule has 3 heteroatoms. The largest absolute Gasteiger partial charge is 0.300 e. The molecule has 0 saturated carbocycles. The molecule has 3 nitrogen and oxygen atoms in total. The van der Waals surface area contributed by atoms with Crippen LogP contribution in [0.3, 0.4) is 0 Å². The van der Waals surface area contributed by atoms with Crippen molar-refractivity contribution in [1.29, 1.82) is 5.26 Å². The summed E-state index contributed by atoms with van der Waals surface area (Å²) in [5.41, 5.74) is -0.213. The SMILES string of the molecule is CC(=O)CC1CCCN1CCCC(C)(C)C#N. The van der Waals surface area contributed by atoms with E-state index in [0.29, 0.717) is 18.2 Å². The number of nitrogens with zero attached hydrogens (tertiary/aromatic N) is 2. The normalized spacial score (nSPS) is 21.4. The maximum Gasteiger partial charge on any atom is 0.131 e. The molecule has 0 spiro atoms. The summed E-state index contributed by atoms with van der Waals surface area (Å²) >= 11 is 0. The van der Waals surface area contributed by atoms with Crippen molar-refractivity contribution in [2.75, 3.05) is 13.1 Å². The van der Waals surface area contributed by atoms with Gasteiger partial charge >= 0.3 is 0 Å². The van der Waals surface area contributed by atoms with Crippen molar-refractivity contribution in [3.8, 4) is 6.07 Å². The monoisotopic (exact) mass is 236 g/mol. The van der Waals surface area contributed by atoms with Gasteiger partial charge in [-0.3, -0.25) is 9.69 Å². The predicted molar refractivity (Wildman–Crippen MR) is 68.5 cm³/mol. The molecule has 0 radical (unpaired) electrons. The number of hydrogen-bond acceptors (Lipinski definition) is 3. The molecule has 0 aromatic carbocycles. The molecule has 1 saturated heterocycles. The Morgan fingerprint density at radius 1 is 1.53 bits per heavy atom. The summed E-state index contributed by atoms with van der Waals surface area (Å²) in [6, 6.07) is 2.79. The average molecular weight is 236 g/mol. The Morgan fingerprint density at radius 3 is 2.82 bits per heavy atom. The van der Waals surface area contributed by atoms with E-state index in [0.717, 1.165) is 32.4 Å². The standard InChI is InChI=1S/C14H24N2O/c1-12(17)10-13-6-4-8-16(13)9-5-7-14(2,3)11-15/h13H,4-10H2,1-3H3. The number of rotatable bonds is 6. The third-order valence-corrected chi connectivity index (χ3v) is 3.57. The average Bonchev–Trinajstić information content (AvgIpc) is 2.65. The first-order chi connectivity index (χ1) is 7.94. The van der Waals surface area contributed by atoms with Crippen molar-refractivity contribution in [1.82, 2.24) is 4.90 Å². The highest BCUT2D eigenvalue weighted by atomic mass is 16.1. The van der Waals surface area contributed by atoms with Crippen LogP contribution < -0.4 is 0 Å². The van der Waals surface area contributed by atoms with E-state index in [9.17, 15) is 4.79 Å². The quantitative estimate of drug-likeness (QED) is 0.712. The van der Waals surface area contributed by atoms with E-state index in [2.05, 4.69) is 11.0 Å². The molecule has 1 aliphatic rings. The Kier molecular flexibility index (Phi) is 5.14. The Morgan fingerprint density at radius 2 is 2.24 bits per heavy atom. The van der Waals surface area contributed by atoms with E-state index in [4.69, 9.17) is 5.26 Å². The first-order valence-corrected chi connectivity index (χ1v) is 6.59. The van der Waals surface area contributed by atoms with Crippen LogP contribution in [-0.2, 0) is 4.79 Å². The molecule has 0 aromatic rings. The number of ketones is 1. The molecule has 1 rings (SSSR count). The van der Waals surface area contributed by atoms with Crippen LogP contribution in [0.2, 0.25) is 0 Å². The second-order valence-electron chi connectivity index (χ2n) is 5.84. The molecule has 0 aliphatic carbocycles. The zero-order valence-electron chi connectivity index (χ0n) is 11.3. The molecule has 1 aliphatic heterocycles. The van der Waals surface area contributed by atoms with Gasteiger partial charge in [0.05, 0.1) is 11.5 Å². The van der Waals surface area contributed by atoms with Crippen LogP contribution in [0.15, 0.2) is 0 Å². The molecule has 1 atom stereocenters. The van der Waals surface area contributed by atoms with Crippen molar-refractivity contribution < 1.29 is 4.79 Å². The Balaban J connectivity index is 2.31. The second kappa shape index (κ2) is 6.16. The fourth-order valence-corrected chi connectivity index (χ4v) is 2.53. The minimum Gasteiger partial charge on any atom is -0.300 e. The lowest BCUT2D eigenvalue weighted by molar-refractivity contribution is -0.118. The number of carbonyl (C=O) groups is 1. The second-order valence-corrected chi connectivity index (χ2v) is 5.84. The van der Waals surface area contributed by atoms with Crippen LogP contribution in [0.25, 0.3) is 0 Å². The van der Waals surface area contributed by atoms with Gasteiger partial charge in [0.25, 0.3) is 0 Å². The molecular formula is C14H24N2O. The highest BCUT2D eigenvalue weighted by Gasteiger charge is 2.25. The topological polar surface area (TPSA) is 44.1 Å². The minimum absolute atomic E-state index is 0.213. The summed E-state index contributed by atoms with van der Waals surface area (Å²) in [7, 11) is 0. The van der Waals surface area contributed by atoms with Gasteiger partial charge < -0.3 is 0 Å². The van der Waals surface area contributed by atoms with E-state index in [1.54, 1.807) is 6.92 Å². The first-order valence-electron chi connectivity index (χ1n) is 6.59. The van der Waals surface area contributed by atoms with E-state index >= 15 is 0 Å². The fourth-order valence-electron chi connectivity index (χ4n) is 2.53. The van der Waals surface area contributed by atoms with Gasteiger partial charge in [0.15, 0.2) is 0 Å². The van der Waals surface area contributed by atoms with Crippen LogP contribution in [0, 0.1) is 16.7 Å². The molecule has 0 bridgehead atoms. The Bertz CT molecular complexity index is 304. The van der Waals surface area contributed by atoms with Crippen LogP contribution in [0.5, 0.6) is 0 Å². The van der Waals surface area contributed by atoms with Crippen molar-refractivity contribution in [3.05, 3.63) is 0 Å². The summed E-state index contributed by atoms with van der Waals surface area (Å²) in [6.45, 7) is 7.80. The van der Waals surface area contributed by atoms with Crippen LogP contribution in [0.1, 0.15) is 52.9 Å². The van der Waals surface area contributed by atoms with Gasteiger partial charge in [0.2, 0.25) is 0 Å². The zero-order chi connectivity index (χ0) is 12.9. The molecule has 0 amide bonds. The van der Waals surface area contributed by atoms with E-state index in [1.165, 1.54) is 6.42 Å². The van der Waals surface area contributed by atoms with Crippen molar-refractivity contribution in [2.45, 2.75) is 58.9 Å². The van der Waals surface area contributed by atoms with Gasteiger partial charge in [-0.05, 0) is 59.5 Å². The lowest BCUT2D eigenvalue weighted by Crippen LogP contribution is -2.32. The molecule has 1 heterocycles. The van der Waals surface area contributed by atoms with Crippen molar-refractivity contribution in [3.63, 3.8) is 0 Å². The molecule has 0 aromatic heterocycles. The summed E-state index contributed by atoms with van der Waals surface area (Å²) in [4.78, 5) is 13.6. The molecule has 1 unspecified atom stereocenters. The fraction of sp³-hybridized carbons (Fsp3) is 0.857. The van der Waals surface area contributed by atoms with Gasteiger partial charge in [-0.15, -0.1) is 0 Å². The van der Waals surface area contributed by atoms with E-state index in [-0.39, 0.29) is 5.41 Å². The third-order valence-electron chi connectivity index (χ3n) is 3.57. The Hall–Kier alpha value is -0.880. The number of Topliss-reactive ketones (excluding diaryl/α,β-unsaturated/α-hetero) is 1. The molecular weight excluding hydrogens is 212 g/mol. The van der Waals surface area contributed by atoms with Crippen molar-refractivity contribution >= 4 is 5.78 Å². The van der Waals surface area contributed by atoms with Gasteiger partial charge in [-0.25, -0.2) is 0 Å². The number of nitriles is 1. The summed E-state index contributed by atoms with van der Waals surface area (Å²) in [5.74, 6) is 0.291. The van der Waals surface area contributed by atoms with Crippen molar-refractivity contribution in [2.24, 2.45) is 5.41 Å². The smallest absolute Gasteiger partial charge is 0.131 e. The van der Waals surface area contributed by atoms with Gasteiger partial charge in [-0.2, -0.15) is 5.26 Å². The maximum absolute atomic E-state index is 11.2. The molecule has 0 N–H and O–H groups in total. The maximum atomic E-state index is 11.2. The lowest BCUT2D eigenvalue weighted by atomic mass is 9.90. The summed E-state index contributed by atoms with van der Waals surface area (Å²) in [6.07, 6.45) is 5.05. The van der Waals surface area contributed by atoms with Gasteiger partial charge in [0.1, 0.15) is 5.78 Å². The molecule has 96 valence electrons. The van der Waals surface area contributed by atoms with Gasteiger partial charge in [-0.1, -0.05) is 0 Å². The Labute approximate surface area is 105 Å². The third kappa shape index (κ3) is 4.87. The first kappa shape index (κ1) is 14.2. The highest BCUT2D eigenvalue weighted by Crippen LogP contribution is 2.24. The molecule has 17 heavy (non-hydrogen) atoms.